The highest BCUT2D eigenvalue weighted by Gasteiger charge is 2.26. The number of fused-ring (bicyclic) bond motifs is 1. The fourth-order valence-electron chi connectivity index (χ4n) is 2.81. The topological polar surface area (TPSA) is 105 Å². The summed E-state index contributed by atoms with van der Waals surface area (Å²) in [4.78, 5) is 50.9. The number of hydrogen-bond acceptors (Lipinski definition) is 5. The predicted molar refractivity (Wildman–Crippen MR) is 87.1 cm³/mol. The van der Waals surface area contributed by atoms with Gasteiger partial charge < -0.3 is 15.0 Å². The molecule has 2 N–H and O–H groups in total. The van der Waals surface area contributed by atoms with Crippen LogP contribution in [-0.2, 0) is 16.0 Å². The van der Waals surface area contributed by atoms with Crippen molar-refractivity contribution in [3.63, 3.8) is 0 Å². The van der Waals surface area contributed by atoms with Crippen LogP contribution in [0, 0.1) is 5.92 Å². The van der Waals surface area contributed by atoms with E-state index in [1.54, 1.807) is 0 Å². The van der Waals surface area contributed by atoms with Crippen LogP contribution in [0.15, 0.2) is 10.9 Å². The second-order valence-electron chi connectivity index (χ2n) is 6.36. The molecule has 1 aromatic rings. The summed E-state index contributed by atoms with van der Waals surface area (Å²) in [6.07, 6.45) is 2.08. The lowest BCUT2D eigenvalue weighted by molar-refractivity contribution is -0.143. The van der Waals surface area contributed by atoms with Gasteiger partial charge in [0.05, 0.1) is 7.11 Å². The maximum atomic E-state index is 12.4. The number of aryl methyl sites for hydroxylation is 1. The van der Waals surface area contributed by atoms with Gasteiger partial charge in [0.15, 0.2) is 5.78 Å². The molecule has 0 unspecified atom stereocenters. The number of carbonyl (C=O) groups excluding carboxylic acids is 3. The third-order valence-electron chi connectivity index (χ3n) is 4.00. The number of Topliss-reactive ketones (excluding diaryl/α,β-unsaturated/α-hetero) is 1. The van der Waals surface area contributed by atoms with Gasteiger partial charge in [-0.15, -0.1) is 0 Å². The van der Waals surface area contributed by atoms with Crippen molar-refractivity contribution in [3.8, 4) is 0 Å². The van der Waals surface area contributed by atoms with Crippen molar-refractivity contribution in [2.75, 3.05) is 7.11 Å². The van der Waals surface area contributed by atoms with E-state index in [9.17, 15) is 19.2 Å². The number of aromatic nitrogens is 1. The molecule has 1 heterocycles. The number of pyridine rings is 1. The number of aromatic amines is 1. The summed E-state index contributed by atoms with van der Waals surface area (Å²) in [5.74, 6) is -1.19. The number of H-pyrrole nitrogens is 1. The van der Waals surface area contributed by atoms with E-state index in [0.717, 1.165) is 0 Å². The van der Waals surface area contributed by atoms with Crippen LogP contribution in [0.25, 0.3) is 0 Å². The fourth-order valence-corrected chi connectivity index (χ4v) is 2.81. The van der Waals surface area contributed by atoms with Crippen LogP contribution in [0.2, 0.25) is 0 Å². The van der Waals surface area contributed by atoms with E-state index in [2.05, 4.69) is 10.3 Å². The van der Waals surface area contributed by atoms with Gasteiger partial charge in [-0.25, -0.2) is 4.79 Å². The average Bonchev–Trinajstić information content (AvgIpc) is 2.52. The number of rotatable bonds is 5. The second-order valence-corrected chi connectivity index (χ2v) is 6.36. The SMILES string of the molecule is COC(=O)[C@H](CC(C)C)NC(=O)c1cc2c([nH]c1=O)CCCC2=O. The van der Waals surface area contributed by atoms with Crippen molar-refractivity contribution in [1.82, 2.24) is 10.3 Å². The highest BCUT2D eigenvalue weighted by molar-refractivity contribution is 6.02. The first-order valence-electron chi connectivity index (χ1n) is 8.01. The maximum absolute atomic E-state index is 12.4. The zero-order valence-corrected chi connectivity index (χ0v) is 14.1. The minimum atomic E-state index is -0.839. The standard InChI is InChI=1S/C17H22N2O5/c1-9(2)7-13(17(23)24-3)19-16(22)11-8-10-12(18-15(11)21)5-4-6-14(10)20/h8-9,13H,4-7H2,1-3H3,(H,18,21)(H,19,22)/t13-/m0/s1. The predicted octanol–water partition coefficient (Wildman–Crippen LogP) is 1.21. The Morgan fingerprint density at radius 3 is 2.62 bits per heavy atom. The lowest BCUT2D eigenvalue weighted by atomic mass is 9.93. The Kier molecular flexibility index (Phi) is 5.54. The summed E-state index contributed by atoms with van der Waals surface area (Å²) in [7, 11) is 1.24. The summed E-state index contributed by atoms with van der Waals surface area (Å²) in [6, 6.07) is 0.489. The highest BCUT2D eigenvalue weighted by atomic mass is 16.5. The number of ketones is 1. The van der Waals surface area contributed by atoms with Crippen molar-refractivity contribution in [2.24, 2.45) is 5.92 Å². The number of hydrogen-bond donors (Lipinski definition) is 2. The van der Waals surface area contributed by atoms with Gasteiger partial charge in [-0.1, -0.05) is 13.8 Å². The summed E-state index contributed by atoms with van der Waals surface area (Å²) in [5.41, 5.74) is 0.222. The first-order chi connectivity index (χ1) is 11.3. The van der Waals surface area contributed by atoms with Gasteiger partial charge in [0.1, 0.15) is 11.6 Å². The van der Waals surface area contributed by atoms with Crippen molar-refractivity contribution < 1.29 is 19.1 Å². The lowest BCUT2D eigenvalue weighted by Crippen LogP contribution is -2.44. The molecule has 0 spiro atoms. The molecular weight excluding hydrogens is 312 g/mol. The minimum Gasteiger partial charge on any atom is -0.467 e. The summed E-state index contributed by atoms with van der Waals surface area (Å²) in [6.45, 7) is 3.82. The number of methoxy groups -OCH3 is 1. The van der Waals surface area contributed by atoms with Gasteiger partial charge in [0.25, 0.3) is 11.5 Å². The molecule has 0 saturated heterocycles. The van der Waals surface area contributed by atoms with E-state index in [1.807, 2.05) is 13.8 Å². The number of ether oxygens (including phenoxy) is 1. The first kappa shape index (κ1) is 17.9. The third kappa shape index (κ3) is 3.90. The second kappa shape index (κ2) is 7.42. The van der Waals surface area contributed by atoms with Gasteiger partial charge in [-0.05, 0) is 31.2 Å². The lowest BCUT2D eigenvalue weighted by Gasteiger charge is -2.19. The van der Waals surface area contributed by atoms with Crippen LogP contribution < -0.4 is 10.9 Å². The van der Waals surface area contributed by atoms with Crippen LogP contribution in [0.1, 0.15) is 59.5 Å². The molecule has 0 radical (unpaired) electrons. The highest BCUT2D eigenvalue weighted by Crippen LogP contribution is 2.19. The van der Waals surface area contributed by atoms with Crippen molar-refractivity contribution in [2.45, 2.75) is 45.6 Å². The largest absolute Gasteiger partial charge is 0.467 e. The zero-order chi connectivity index (χ0) is 17.9. The van der Waals surface area contributed by atoms with Crippen molar-refractivity contribution in [1.29, 1.82) is 0 Å². The Morgan fingerprint density at radius 1 is 1.29 bits per heavy atom. The maximum Gasteiger partial charge on any atom is 0.328 e. The van der Waals surface area contributed by atoms with E-state index in [0.29, 0.717) is 36.9 Å². The quantitative estimate of drug-likeness (QED) is 0.788. The number of carbonyl (C=O) groups is 3. The molecule has 24 heavy (non-hydrogen) atoms. The molecule has 1 aliphatic rings. The molecule has 0 aromatic carbocycles. The normalized spacial score (nSPS) is 14.9. The Labute approximate surface area is 139 Å². The molecule has 0 fully saturated rings. The molecule has 7 nitrogen and oxygen atoms in total. The van der Waals surface area contributed by atoms with Gasteiger partial charge in [-0.3, -0.25) is 14.4 Å². The summed E-state index contributed by atoms with van der Waals surface area (Å²) >= 11 is 0. The third-order valence-corrected chi connectivity index (χ3v) is 4.00. The Hall–Kier alpha value is -2.44. The Balaban J connectivity index is 2.28. The Morgan fingerprint density at radius 2 is 2.00 bits per heavy atom. The molecule has 1 aliphatic carbocycles. The van der Waals surface area contributed by atoms with E-state index in [4.69, 9.17) is 4.74 Å². The van der Waals surface area contributed by atoms with Crippen LogP contribution in [0.3, 0.4) is 0 Å². The molecule has 0 saturated carbocycles. The molecular formula is C17H22N2O5. The molecule has 1 aromatic heterocycles. The van der Waals surface area contributed by atoms with Gasteiger partial charge in [-0.2, -0.15) is 0 Å². The fraction of sp³-hybridized carbons (Fsp3) is 0.529. The van der Waals surface area contributed by atoms with Gasteiger partial charge in [0, 0.05) is 17.7 Å². The van der Waals surface area contributed by atoms with E-state index >= 15 is 0 Å². The average molecular weight is 334 g/mol. The van der Waals surface area contributed by atoms with Crippen LogP contribution in [0.4, 0.5) is 0 Å². The van der Waals surface area contributed by atoms with Crippen molar-refractivity contribution >= 4 is 17.7 Å². The van der Waals surface area contributed by atoms with Crippen LogP contribution >= 0.6 is 0 Å². The van der Waals surface area contributed by atoms with Crippen molar-refractivity contribution in [3.05, 3.63) is 33.2 Å². The molecule has 7 heteroatoms. The number of nitrogens with one attached hydrogen (secondary N) is 2. The smallest absolute Gasteiger partial charge is 0.328 e. The number of amides is 1. The molecule has 1 atom stereocenters. The number of esters is 1. The van der Waals surface area contributed by atoms with Crippen LogP contribution in [-0.4, -0.2) is 35.8 Å². The zero-order valence-electron chi connectivity index (χ0n) is 14.1. The minimum absolute atomic E-state index is 0.0896. The molecule has 1 amide bonds. The van der Waals surface area contributed by atoms with E-state index < -0.39 is 23.5 Å². The Bertz CT molecular complexity index is 720. The monoisotopic (exact) mass is 334 g/mol. The van der Waals surface area contributed by atoms with E-state index in [-0.39, 0.29) is 17.3 Å². The molecule has 130 valence electrons. The molecule has 2 rings (SSSR count). The molecule has 0 aliphatic heterocycles. The van der Waals surface area contributed by atoms with Gasteiger partial charge in [0.2, 0.25) is 0 Å². The van der Waals surface area contributed by atoms with Crippen LogP contribution in [0.5, 0.6) is 0 Å². The first-order valence-corrected chi connectivity index (χ1v) is 8.01. The summed E-state index contributed by atoms with van der Waals surface area (Å²) < 4.78 is 4.69. The summed E-state index contributed by atoms with van der Waals surface area (Å²) in [5, 5.41) is 2.53. The molecule has 0 bridgehead atoms. The van der Waals surface area contributed by atoms with E-state index in [1.165, 1.54) is 13.2 Å². The van der Waals surface area contributed by atoms with Gasteiger partial charge >= 0.3 is 5.97 Å².